The normalized spacial score (nSPS) is 10.6. The molecule has 0 saturated carbocycles. The summed E-state index contributed by atoms with van der Waals surface area (Å²) in [6.45, 7) is 0. The number of aromatic nitrogens is 3. The van der Waals surface area contributed by atoms with Crippen molar-refractivity contribution in [2.75, 3.05) is 0 Å². The number of benzene rings is 1. The Labute approximate surface area is 95.5 Å². The van der Waals surface area contributed by atoms with Gasteiger partial charge in [0, 0.05) is 12.6 Å². The van der Waals surface area contributed by atoms with Crippen molar-refractivity contribution in [2.45, 2.75) is 0 Å². The zero-order valence-electron chi connectivity index (χ0n) is 7.79. The highest BCUT2D eigenvalue weighted by molar-refractivity contribution is 7.71. The maximum absolute atomic E-state index is 12.8. The fourth-order valence-electron chi connectivity index (χ4n) is 1.26. The van der Waals surface area contributed by atoms with E-state index in [2.05, 4.69) is 10.2 Å². The molecule has 0 atom stereocenters. The Morgan fingerprint density at radius 3 is 2.80 bits per heavy atom. The Balaban J connectivity index is 2.64. The first kappa shape index (κ1) is 10.3. The molecule has 0 aliphatic rings. The van der Waals surface area contributed by atoms with Gasteiger partial charge in [0.2, 0.25) is 0 Å². The number of rotatable bonds is 1. The van der Waals surface area contributed by atoms with E-state index in [0.717, 1.165) is 0 Å². The number of H-pyrrole nitrogens is 1. The molecule has 3 nitrogen and oxygen atoms in total. The van der Waals surface area contributed by atoms with Gasteiger partial charge in [0.15, 0.2) is 10.6 Å². The fourth-order valence-corrected chi connectivity index (χ4v) is 1.64. The van der Waals surface area contributed by atoms with Crippen molar-refractivity contribution in [3.8, 4) is 11.4 Å². The van der Waals surface area contributed by atoms with E-state index < -0.39 is 0 Å². The van der Waals surface area contributed by atoms with Gasteiger partial charge in [-0.15, -0.1) is 0 Å². The minimum absolute atomic E-state index is 0.312. The van der Waals surface area contributed by atoms with E-state index in [1.807, 2.05) is 0 Å². The lowest BCUT2D eigenvalue weighted by molar-refractivity contribution is 0.628. The second-order valence-electron chi connectivity index (χ2n) is 3.04. The molecule has 1 heterocycles. The number of aromatic amines is 1. The smallest absolute Gasteiger partial charge is 0.195 e. The average Bonchev–Trinajstić information content (AvgIpc) is 2.49. The van der Waals surface area contributed by atoms with Gasteiger partial charge in [-0.2, -0.15) is 5.10 Å². The highest BCUT2D eigenvalue weighted by Crippen LogP contribution is 2.26. The predicted octanol–water partition coefficient (Wildman–Crippen LogP) is 2.94. The molecular formula is C9H7ClFN3S. The standard InChI is InChI=1S/C9H7ClFN3S/c1-14-8(12-13-9(14)15)6-3-2-5(11)4-7(6)10/h2-4H,1H3,(H,13,15). The van der Waals surface area contributed by atoms with E-state index in [4.69, 9.17) is 23.8 Å². The Morgan fingerprint density at radius 2 is 2.27 bits per heavy atom. The van der Waals surface area contributed by atoms with E-state index in [1.165, 1.54) is 12.1 Å². The van der Waals surface area contributed by atoms with Crippen LogP contribution in [0.15, 0.2) is 18.2 Å². The third kappa shape index (κ3) is 1.80. The van der Waals surface area contributed by atoms with Crippen LogP contribution in [-0.4, -0.2) is 14.8 Å². The Hall–Kier alpha value is -1.20. The van der Waals surface area contributed by atoms with Gasteiger partial charge in [0.05, 0.1) is 5.02 Å². The molecule has 0 unspecified atom stereocenters. The summed E-state index contributed by atoms with van der Waals surface area (Å²) in [5, 5.41) is 6.97. The van der Waals surface area contributed by atoms with E-state index in [0.29, 0.717) is 21.2 Å². The maximum Gasteiger partial charge on any atom is 0.195 e. The summed E-state index contributed by atoms with van der Waals surface area (Å²) >= 11 is 10.9. The van der Waals surface area contributed by atoms with E-state index in [1.54, 1.807) is 17.7 Å². The summed E-state index contributed by atoms with van der Waals surface area (Å²) < 4.78 is 15.0. The molecule has 1 N–H and O–H groups in total. The van der Waals surface area contributed by atoms with Crippen LogP contribution in [0.4, 0.5) is 4.39 Å². The number of nitrogens with zero attached hydrogens (tertiary/aromatic N) is 2. The van der Waals surface area contributed by atoms with Crippen molar-refractivity contribution < 1.29 is 4.39 Å². The zero-order valence-corrected chi connectivity index (χ0v) is 9.36. The minimum Gasteiger partial charge on any atom is -0.303 e. The SMILES string of the molecule is Cn1c(-c2ccc(F)cc2Cl)n[nH]c1=S. The molecular weight excluding hydrogens is 237 g/mol. The highest BCUT2D eigenvalue weighted by atomic mass is 35.5. The summed E-state index contributed by atoms with van der Waals surface area (Å²) in [5.74, 6) is 0.213. The van der Waals surface area contributed by atoms with Gasteiger partial charge in [-0.25, -0.2) is 4.39 Å². The van der Waals surface area contributed by atoms with Gasteiger partial charge in [0.1, 0.15) is 5.82 Å². The molecule has 0 aliphatic heterocycles. The highest BCUT2D eigenvalue weighted by Gasteiger charge is 2.10. The molecule has 1 aromatic heterocycles. The van der Waals surface area contributed by atoms with Gasteiger partial charge in [-0.1, -0.05) is 11.6 Å². The molecule has 1 aromatic carbocycles. The first-order valence-electron chi connectivity index (χ1n) is 4.16. The summed E-state index contributed by atoms with van der Waals surface area (Å²) in [6, 6.07) is 4.15. The molecule has 78 valence electrons. The molecule has 0 fully saturated rings. The molecule has 15 heavy (non-hydrogen) atoms. The Bertz CT molecular complexity index is 561. The summed E-state index contributed by atoms with van der Waals surface area (Å²) in [6.07, 6.45) is 0. The molecule has 0 amide bonds. The van der Waals surface area contributed by atoms with Crippen LogP contribution < -0.4 is 0 Å². The lowest BCUT2D eigenvalue weighted by atomic mass is 10.2. The van der Waals surface area contributed by atoms with Crippen LogP contribution in [0.25, 0.3) is 11.4 Å². The van der Waals surface area contributed by atoms with E-state index in [9.17, 15) is 4.39 Å². The zero-order chi connectivity index (χ0) is 11.0. The van der Waals surface area contributed by atoms with E-state index >= 15 is 0 Å². The Morgan fingerprint density at radius 1 is 1.53 bits per heavy atom. The first-order valence-corrected chi connectivity index (χ1v) is 4.95. The van der Waals surface area contributed by atoms with Crippen LogP contribution >= 0.6 is 23.8 Å². The van der Waals surface area contributed by atoms with Crippen LogP contribution in [0.2, 0.25) is 5.02 Å². The third-order valence-electron chi connectivity index (χ3n) is 2.05. The van der Waals surface area contributed by atoms with Crippen molar-refractivity contribution in [3.63, 3.8) is 0 Å². The van der Waals surface area contributed by atoms with Crippen LogP contribution in [0.3, 0.4) is 0 Å². The van der Waals surface area contributed by atoms with Gasteiger partial charge in [-0.05, 0) is 30.4 Å². The summed E-state index contributed by atoms with van der Waals surface area (Å²) in [7, 11) is 1.76. The monoisotopic (exact) mass is 243 g/mol. The molecule has 2 aromatic rings. The second kappa shape index (κ2) is 3.75. The largest absolute Gasteiger partial charge is 0.303 e. The molecule has 0 aliphatic carbocycles. The van der Waals surface area contributed by atoms with Gasteiger partial charge in [-0.3, -0.25) is 5.10 Å². The predicted molar refractivity (Wildman–Crippen MR) is 58.8 cm³/mol. The number of hydrogen-bond donors (Lipinski definition) is 1. The first-order chi connectivity index (χ1) is 7.09. The Kier molecular flexibility index (Phi) is 2.58. The van der Waals surface area contributed by atoms with Crippen LogP contribution in [-0.2, 0) is 7.05 Å². The second-order valence-corrected chi connectivity index (χ2v) is 3.83. The van der Waals surface area contributed by atoms with Gasteiger partial charge < -0.3 is 4.57 Å². The lowest BCUT2D eigenvalue weighted by Crippen LogP contribution is -1.93. The molecule has 0 bridgehead atoms. The quantitative estimate of drug-likeness (QED) is 0.782. The minimum atomic E-state index is -0.375. The summed E-state index contributed by atoms with van der Waals surface area (Å²) in [5.41, 5.74) is 0.646. The average molecular weight is 244 g/mol. The fraction of sp³-hybridized carbons (Fsp3) is 0.111. The third-order valence-corrected chi connectivity index (χ3v) is 2.73. The van der Waals surface area contributed by atoms with Gasteiger partial charge >= 0.3 is 0 Å². The van der Waals surface area contributed by atoms with Crippen molar-refractivity contribution in [1.29, 1.82) is 0 Å². The van der Waals surface area contributed by atoms with Crippen LogP contribution in [0, 0.1) is 10.6 Å². The number of nitrogens with one attached hydrogen (secondary N) is 1. The van der Waals surface area contributed by atoms with E-state index in [-0.39, 0.29) is 5.82 Å². The molecule has 0 spiro atoms. The molecule has 6 heteroatoms. The maximum atomic E-state index is 12.8. The topological polar surface area (TPSA) is 33.6 Å². The number of halogens is 2. The van der Waals surface area contributed by atoms with Crippen LogP contribution in [0.1, 0.15) is 0 Å². The van der Waals surface area contributed by atoms with Crippen molar-refractivity contribution >= 4 is 23.8 Å². The van der Waals surface area contributed by atoms with Crippen molar-refractivity contribution in [3.05, 3.63) is 33.8 Å². The molecule has 0 radical (unpaired) electrons. The van der Waals surface area contributed by atoms with Crippen LogP contribution in [0.5, 0.6) is 0 Å². The van der Waals surface area contributed by atoms with Gasteiger partial charge in [0.25, 0.3) is 0 Å². The lowest BCUT2D eigenvalue weighted by Gasteiger charge is -2.02. The summed E-state index contributed by atoms with van der Waals surface area (Å²) in [4.78, 5) is 0. The van der Waals surface area contributed by atoms with Crippen molar-refractivity contribution in [2.24, 2.45) is 7.05 Å². The molecule has 0 saturated heterocycles. The number of hydrogen-bond acceptors (Lipinski definition) is 2. The molecule has 2 rings (SSSR count). The van der Waals surface area contributed by atoms with Crippen molar-refractivity contribution in [1.82, 2.24) is 14.8 Å².